The van der Waals surface area contributed by atoms with Crippen molar-refractivity contribution in [2.75, 3.05) is 13.7 Å². The summed E-state index contributed by atoms with van der Waals surface area (Å²) in [7, 11) is 1.31. The number of carbonyl (C=O) groups is 2. The van der Waals surface area contributed by atoms with Gasteiger partial charge in [0, 0.05) is 0 Å². The largest absolute Gasteiger partial charge is 0.468 e. The number of esters is 1. The van der Waals surface area contributed by atoms with Crippen LogP contribution in [0.2, 0.25) is 0 Å². The Morgan fingerprint density at radius 2 is 1.90 bits per heavy atom. The van der Waals surface area contributed by atoms with Crippen LogP contribution < -0.4 is 11.1 Å². The molecule has 0 aliphatic heterocycles. The summed E-state index contributed by atoms with van der Waals surface area (Å²) in [6.45, 7) is -0.0907. The standard InChI is InChI=1S/C15H16N2O3/c1-20-15(19)14(17-9-13(16)18)12-7-6-10-4-2-3-5-11(10)8-12/h2-8,14,17H,9H2,1H3,(H2,16,18)/t14-/m0/s1. The summed E-state index contributed by atoms with van der Waals surface area (Å²) in [6, 6.07) is 12.8. The van der Waals surface area contributed by atoms with Gasteiger partial charge in [-0.05, 0) is 22.4 Å². The zero-order valence-corrected chi connectivity index (χ0v) is 11.1. The molecule has 0 bridgehead atoms. The van der Waals surface area contributed by atoms with Crippen LogP contribution in [0.5, 0.6) is 0 Å². The predicted molar refractivity (Wildman–Crippen MR) is 75.9 cm³/mol. The van der Waals surface area contributed by atoms with Gasteiger partial charge in [-0.15, -0.1) is 0 Å². The van der Waals surface area contributed by atoms with Gasteiger partial charge in [-0.25, -0.2) is 4.79 Å². The van der Waals surface area contributed by atoms with Crippen molar-refractivity contribution < 1.29 is 14.3 Å². The molecule has 5 nitrogen and oxygen atoms in total. The quantitative estimate of drug-likeness (QED) is 0.799. The Labute approximate surface area is 116 Å². The van der Waals surface area contributed by atoms with E-state index in [4.69, 9.17) is 10.5 Å². The summed E-state index contributed by atoms with van der Waals surface area (Å²) in [5, 5.41) is 4.89. The number of amides is 1. The number of methoxy groups -OCH3 is 1. The van der Waals surface area contributed by atoms with Gasteiger partial charge in [-0.2, -0.15) is 0 Å². The molecule has 1 atom stereocenters. The van der Waals surface area contributed by atoms with Crippen LogP contribution in [0.25, 0.3) is 10.8 Å². The van der Waals surface area contributed by atoms with Crippen LogP contribution in [-0.2, 0) is 14.3 Å². The smallest absolute Gasteiger partial charge is 0.327 e. The van der Waals surface area contributed by atoms with Gasteiger partial charge in [-0.3, -0.25) is 10.1 Å². The number of fused-ring (bicyclic) bond motifs is 1. The maximum Gasteiger partial charge on any atom is 0.327 e. The Kier molecular flexibility index (Phi) is 4.32. The summed E-state index contributed by atoms with van der Waals surface area (Å²) < 4.78 is 4.76. The lowest BCUT2D eigenvalue weighted by molar-refractivity contribution is -0.143. The topological polar surface area (TPSA) is 81.4 Å². The molecule has 5 heteroatoms. The van der Waals surface area contributed by atoms with Gasteiger partial charge in [0.25, 0.3) is 0 Å². The molecule has 0 aliphatic rings. The first-order valence-electron chi connectivity index (χ1n) is 6.20. The number of rotatable bonds is 5. The number of nitrogens with two attached hydrogens (primary N) is 1. The molecule has 3 N–H and O–H groups in total. The molecule has 0 fully saturated rings. The van der Waals surface area contributed by atoms with Gasteiger partial charge in [0.05, 0.1) is 13.7 Å². The highest BCUT2D eigenvalue weighted by molar-refractivity contribution is 5.86. The van der Waals surface area contributed by atoms with E-state index in [1.807, 2.05) is 42.5 Å². The number of benzene rings is 2. The zero-order valence-electron chi connectivity index (χ0n) is 11.1. The molecule has 0 unspecified atom stereocenters. The molecule has 2 aromatic rings. The maximum absolute atomic E-state index is 11.8. The van der Waals surface area contributed by atoms with Crippen LogP contribution >= 0.6 is 0 Å². The average molecular weight is 272 g/mol. The molecule has 0 saturated heterocycles. The predicted octanol–water partition coefficient (Wildman–Crippen LogP) is 1.13. The van der Waals surface area contributed by atoms with E-state index in [9.17, 15) is 9.59 Å². The van der Waals surface area contributed by atoms with Crippen molar-refractivity contribution in [1.82, 2.24) is 5.32 Å². The molecule has 0 aromatic heterocycles. The van der Waals surface area contributed by atoms with Crippen molar-refractivity contribution >= 4 is 22.6 Å². The van der Waals surface area contributed by atoms with E-state index < -0.39 is 17.9 Å². The van der Waals surface area contributed by atoms with Gasteiger partial charge >= 0.3 is 5.97 Å². The Balaban J connectivity index is 2.34. The number of hydrogen-bond donors (Lipinski definition) is 2. The zero-order chi connectivity index (χ0) is 14.5. The summed E-state index contributed by atoms with van der Waals surface area (Å²) in [5.74, 6) is -0.985. The minimum atomic E-state index is -0.711. The van der Waals surface area contributed by atoms with Crippen molar-refractivity contribution in [1.29, 1.82) is 0 Å². The fourth-order valence-electron chi connectivity index (χ4n) is 2.05. The molecule has 1 amide bonds. The van der Waals surface area contributed by atoms with E-state index >= 15 is 0 Å². The third kappa shape index (κ3) is 3.13. The molecular weight excluding hydrogens is 256 g/mol. The number of nitrogens with one attached hydrogen (secondary N) is 1. The summed E-state index contributed by atoms with van der Waals surface area (Å²) in [4.78, 5) is 22.7. The first kappa shape index (κ1) is 14.0. The first-order valence-corrected chi connectivity index (χ1v) is 6.20. The van der Waals surface area contributed by atoms with Crippen molar-refractivity contribution in [3.05, 3.63) is 48.0 Å². The number of carbonyl (C=O) groups excluding carboxylic acids is 2. The molecule has 20 heavy (non-hydrogen) atoms. The van der Waals surface area contributed by atoms with Gasteiger partial charge in [0.2, 0.25) is 5.91 Å². The van der Waals surface area contributed by atoms with Crippen LogP contribution in [0, 0.1) is 0 Å². The molecule has 2 aromatic carbocycles. The van der Waals surface area contributed by atoms with E-state index in [-0.39, 0.29) is 6.54 Å². The summed E-state index contributed by atoms with van der Waals surface area (Å²) in [5.41, 5.74) is 5.83. The molecule has 2 rings (SSSR count). The second-order valence-corrected chi connectivity index (χ2v) is 4.41. The second-order valence-electron chi connectivity index (χ2n) is 4.41. The van der Waals surface area contributed by atoms with Gasteiger partial charge in [-0.1, -0.05) is 36.4 Å². The Morgan fingerprint density at radius 3 is 2.55 bits per heavy atom. The lowest BCUT2D eigenvalue weighted by atomic mass is 10.0. The van der Waals surface area contributed by atoms with E-state index in [1.165, 1.54) is 7.11 Å². The van der Waals surface area contributed by atoms with Crippen LogP contribution in [0.15, 0.2) is 42.5 Å². The van der Waals surface area contributed by atoms with Gasteiger partial charge in [0.1, 0.15) is 6.04 Å². The highest BCUT2D eigenvalue weighted by Crippen LogP contribution is 2.21. The lowest BCUT2D eigenvalue weighted by Crippen LogP contribution is -2.36. The third-order valence-electron chi connectivity index (χ3n) is 3.02. The van der Waals surface area contributed by atoms with Crippen molar-refractivity contribution in [2.24, 2.45) is 5.73 Å². The Hall–Kier alpha value is -2.40. The summed E-state index contributed by atoms with van der Waals surface area (Å²) in [6.07, 6.45) is 0. The fraction of sp³-hybridized carbons (Fsp3) is 0.200. The first-order chi connectivity index (χ1) is 9.61. The minimum Gasteiger partial charge on any atom is -0.468 e. The number of hydrogen-bond acceptors (Lipinski definition) is 4. The lowest BCUT2D eigenvalue weighted by Gasteiger charge is -2.16. The van der Waals surface area contributed by atoms with Crippen LogP contribution in [0.3, 0.4) is 0 Å². The van der Waals surface area contributed by atoms with E-state index in [1.54, 1.807) is 0 Å². The molecule has 0 radical (unpaired) electrons. The Bertz CT molecular complexity index is 640. The fourth-order valence-corrected chi connectivity index (χ4v) is 2.05. The molecule has 0 heterocycles. The van der Waals surface area contributed by atoms with E-state index in [0.29, 0.717) is 0 Å². The van der Waals surface area contributed by atoms with Gasteiger partial charge < -0.3 is 10.5 Å². The molecule has 104 valence electrons. The highest BCUT2D eigenvalue weighted by Gasteiger charge is 2.21. The number of primary amides is 1. The monoisotopic (exact) mass is 272 g/mol. The van der Waals surface area contributed by atoms with E-state index in [2.05, 4.69) is 5.32 Å². The maximum atomic E-state index is 11.8. The average Bonchev–Trinajstić information content (AvgIpc) is 2.46. The van der Waals surface area contributed by atoms with Crippen molar-refractivity contribution in [3.8, 4) is 0 Å². The second kappa shape index (κ2) is 6.16. The SMILES string of the molecule is COC(=O)[C@@H](NCC(N)=O)c1ccc2ccccc2c1. The molecule has 0 saturated carbocycles. The third-order valence-corrected chi connectivity index (χ3v) is 3.02. The Morgan fingerprint density at radius 1 is 1.20 bits per heavy atom. The van der Waals surface area contributed by atoms with Crippen LogP contribution in [0.1, 0.15) is 11.6 Å². The van der Waals surface area contributed by atoms with Crippen LogP contribution in [-0.4, -0.2) is 25.5 Å². The van der Waals surface area contributed by atoms with Crippen LogP contribution in [0.4, 0.5) is 0 Å². The van der Waals surface area contributed by atoms with Crippen molar-refractivity contribution in [3.63, 3.8) is 0 Å². The molecular formula is C15H16N2O3. The van der Waals surface area contributed by atoms with E-state index in [0.717, 1.165) is 16.3 Å². The summed E-state index contributed by atoms with van der Waals surface area (Å²) >= 11 is 0. The minimum absolute atomic E-state index is 0.0907. The van der Waals surface area contributed by atoms with Crippen molar-refractivity contribution in [2.45, 2.75) is 6.04 Å². The normalized spacial score (nSPS) is 12.1. The molecule has 0 spiro atoms. The number of ether oxygens (including phenoxy) is 1. The van der Waals surface area contributed by atoms with Gasteiger partial charge in [0.15, 0.2) is 0 Å². The highest BCUT2D eigenvalue weighted by atomic mass is 16.5. The molecule has 0 aliphatic carbocycles.